The summed E-state index contributed by atoms with van der Waals surface area (Å²) in [6, 6.07) is 4.37. The molecular formula is C16H13ClFN3O5. The third-order valence-corrected chi connectivity index (χ3v) is 4.31. The number of aromatic nitrogens is 1. The zero-order valence-electron chi connectivity index (χ0n) is 13.4. The first-order valence-electron chi connectivity index (χ1n) is 7.38. The fraction of sp³-hybridized carbons (Fsp3) is 0.188. The molecule has 3 rings (SSSR count). The van der Waals surface area contributed by atoms with Crippen LogP contribution in [0.5, 0.6) is 5.75 Å². The van der Waals surface area contributed by atoms with E-state index in [4.69, 9.17) is 16.7 Å². The molecule has 1 aliphatic heterocycles. The van der Waals surface area contributed by atoms with E-state index < -0.39 is 40.1 Å². The van der Waals surface area contributed by atoms with Gasteiger partial charge in [0.15, 0.2) is 11.4 Å². The van der Waals surface area contributed by atoms with E-state index in [0.717, 1.165) is 10.9 Å². The maximum Gasteiger partial charge on any atom is 0.341 e. The number of amides is 1. The predicted octanol–water partition coefficient (Wildman–Crippen LogP) is 1.23. The molecule has 1 aliphatic rings. The molecular weight excluding hydrogens is 369 g/mol. The molecule has 0 saturated carbocycles. The molecule has 0 atom stereocenters. The van der Waals surface area contributed by atoms with Crippen molar-refractivity contribution in [1.82, 2.24) is 9.58 Å². The number of fused-ring (bicyclic) bond motifs is 1. The van der Waals surface area contributed by atoms with E-state index in [1.165, 1.54) is 35.2 Å². The molecule has 136 valence electrons. The molecule has 0 bridgehead atoms. The first-order chi connectivity index (χ1) is 12.2. The van der Waals surface area contributed by atoms with Crippen LogP contribution < -0.4 is 10.4 Å². The molecule has 0 unspecified atom stereocenters. The van der Waals surface area contributed by atoms with E-state index >= 15 is 0 Å². The van der Waals surface area contributed by atoms with Crippen molar-refractivity contribution < 1.29 is 24.2 Å². The van der Waals surface area contributed by atoms with Crippen molar-refractivity contribution in [3.8, 4) is 5.75 Å². The number of aromatic hydroxyl groups is 1. The monoisotopic (exact) mass is 381 g/mol. The van der Waals surface area contributed by atoms with E-state index in [2.05, 4.69) is 0 Å². The van der Waals surface area contributed by atoms with Gasteiger partial charge in [-0.1, -0.05) is 23.7 Å². The van der Waals surface area contributed by atoms with Crippen LogP contribution in [0.15, 0.2) is 29.2 Å². The van der Waals surface area contributed by atoms with Gasteiger partial charge >= 0.3 is 5.97 Å². The number of carbonyl (C=O) groups excluding carboxylic acids is 1. The standard InChI is InChI=1S/C16H13ClFN3O5/c1-19-7-20(5-8-3-2-4-10(17)11(8)18)15(24)12-14(23)13(22)9(16(25)26)6-21(12)19/h2-4,6,23H,5,7H2,1H3,(H,25,26). The number of hydrogen-bond acceptors (Lipinski definition) is 5. The number of carboxylic acids is 1. The highest BCUT2D eigenvalue weighted by atomic mass is 35.5. The van der Waals surface area contributed by atoms with Crippen LogP contribution in [0.25, 0.3) is 0 Å². The van der Waals surface area contributed by atoms with E-state index in [-0.39, 0.29) is 23.8 Å². The molecule has 8 nitrogen and oxygen atoms in total. The van der Waals surface area contributed by atoms with Gasteiger partial charge in [-0.05, 0) is 6.07 Å². The molecule has 10 heteroatoms. The smallest absolute Gasteiger partial charge is 0.341 e. The second kappa shape index (κ2) is 6.34. The summed E-state index contributed by atoms with van der Waals surface area (Å²) in [5.41, 5.74) is -2.06. The maximum atomic E-state index is 14.1. The lowest BCUT2D eigenvalue weighted by Crippen LogP contribution is -2.52. The Labute approximate surface area is 151 Å². The zero-order valence-corrected chi connectivity index (χ0v) is 14.2. The Kier molecular flexibility index (Phi) is 4.33. The quantitative estimate of drug-likeness (QED) is 0.828. The van der Waals surface area contributed by atoms with Crippen molar-refractivity contribution in [3.63, 3.8) is 0 Å². The van der Waals surface area contributed by atoms with Crippen LogP contribution >= 0.6 is 11.6 Å². The van der Waals surface area contributed by atoms with Crippen molar-refractivity contribution in [2.45, 2.75) is 6.54 Å². The van der Waals surface area contributed by atoms with Crippen LogP contribution in [-0.4, -0.2) is 45.4 Å². The molecule has 2 aromatic rings. The fourth-order valence-electron chi connectivity index (χ4n) is 2.74. The average molecular weight is 382 g/mol. The number of benzene rings is 1. The van der Waals surface area contributed by atoms with Gasteiger partial charge in [0.1, 0.15) is 18.0 Å². The number of carboxylic acid groups (broad SMARTS) is 1. The van der Waals surface area contributed by atoms with Gasteiger partial charge in [-0.15, -0.1) is 0 Å². The minimum atomic E-state index is -1.52. The lowest BCUT2D eigenvalue weighted by atomic mass is 10.1. The molecule has 0 aliphatic carbocycles. The van der Waals surface area contributed by atoms with Gasteiger partial charge in [0.2, 0.25) is 5.43 Å². The molecule has 0 fully saturated rings. The number of halogens is 2. The van der Waals surface area contributed by atoms with Gasteiger partial charge in [0, 0.05) is 18.8 Å². The number of carbonyl (C=O) groups is 2. The van der Waals surface area contributed by atoms with E-state index in [1.807, 2.05) is 0 Å². The van der Waals surface area contributed by atoms with Gasteiger partial charge in [-0.3, -0.25) is 19.3 Å². The Morgan fingerprint density at radius 1 is 1.35 bits per heavy atom. The second-order valence-corrected chi connectivity index (χ2v) is 6.14. The number of nitrogens with zero attached hydrogens (tertiary/aromatic N) is 3. The summed E-state index contributed by atoms with van der Waals surface area (Å²) < 4.78 is 15.2. The van der Waals surface area contributed by atoms with Crippen molar-refractivity contribution in [3.05, 3.63) is 62.3 Å². The minimum absolute atomic E-state index is 0.0286. The zero-order chi connectivity index (χ0) is 19.2. The van der Waals surface area contributed by atoms with Crippen molar-refractivity contribution in [1.29, 1.82) is 0 Å². The van der Waals surface area contributed by atoms with Crippen LogP contribution in [0.4, 0.5) is 4.39 Å². The highest BCUT2D eigenvalue weighted by Gasteiger charge is 2.33. The fourth-order valence-corrected chi connectivity index (χ4v) is 2.93. The van der Waals surface area contributed by atoms with Gasteiger partial charge in [-0.2, -0.15) is 0 Å². The van der Waals surface area contributed by atoms with Gasteiger partial charge in [-0.25, -0.2) is 9.18 Å². The molecule has 0 saturated heterocycles. The predicted molar refractivity (Wildman–Crippen MR) is 89.6 cm³/mol. The summed E-state index contributed by atoms with van der Waals surface area (Å²) in [5.74, 6) is -3.91. The first kappa shape index (κ1) is 17.7. The molecule has 1 amide bonds. The number of hydrogen-bond donors (Lipinski definition) is 2. The largest absolute Gasteiger partial charge is 0.502 e. The third-order valence-electron chi connectivity index (χ3n) is 4.02. The van der Waals surface area contributed by atoms with Crippen molar-refractivity contribution >= 4 is 23.5 Å². The molecule has 0 spiro atoms. The Balaban J connectivity index is 2.05. The van der Waals surface area contributed by atoms with Crippen LogP contribution in [0.1, 0.15) is 26.4 Å². The minimum Gasteiger partial charge on any atom is -0.502 e. The highest BCUT2D eigenvalue weighted by Crippen LogP contribution is 2.24. The van der Waals surface area contributed by atoms with Crippen LogP contribution in [0.2, 0.25) is 5.02 Å². The Morgan fingerprint density at radius 2 is 2.04 bits per heavy atom. The summed E-state index contributed by atoms with van der Waals surface area (Å²) in [7, 11) is 1.52. The van der Waals surface area contributed by atoms with E-state index in [1.54, 1.807) is 0 Å². The van der Waals surface area contributed by atoms with Crippen LogP contribution in [-0.2, 0) is 6.54 Å². The lowest BCUT2D eigenvalue weighted by molar-refractivity contribution is 0.0660. The summed E-state index contributed by atoms with van der Waals surface area (Å²) in [4.78, 5) is 37.0. The molecule has 1 aromatic heterocycles. The van der Waals surface area contributed by atoms with Crippen molar-refractivity contribution in [2.24, 2.45) is 0 Å². The molecule has 26 heavy (non-hydrogen) atoms. The van der Waals surface area contributed by atoms with E-state index in [0.29, 0.717) is 0 Å². The number of aromatic carboxylic acids is 1. The SMILES string of the molecule is CN1CN(Cc2cccc(Cl)c2F)C(=O)c2c(O)c(=O)c(C(=O)O)cn21. The first-order valence-corrected chi connectivity index (χ1v) is 7.75. The Hall–Kier alpha value is -3.07. The van der Waals surface area contributed by atoms with Gasteiger partial charge in [0.05, 0.1) is 11.6 Å². The Morgan fingerprint density at radius 3 is 2.69 bits per heavy atom. The number of pyridine rings is 1. The molecule has 2 N–H and O–H groups in total. The highest BCUT2D eigenvalue weighted by molar-refractivity contribution is 6.30. The van der Waals surface area contributed by atoms with E-state index in [9.17, 15) is 23.9 Å². The summed E-state index contributed by atoms with van der Waals surface area (Å²) >= 11 is 5.74. The molecule has 1 aromatic carbocycles. The van der Waals surface area contributed by atoms with Crippen LogP contribution in [0, 0.1) is 5.82 Å². The van der Waals surface area contributed by atoms with Gasteiger partial charge < -0.3 is 15.1 Å². The molecule has 0 radical (unpaired) electrons. The third kappa shape index (κ3) is 2.76. The maximum absolute atomic E-state index is 14.1. The topological polar surface area (TPSA) is 103 Å². The summed E-state index contributed by atoms with van der Waals surface area (Å²) in [6.45, 7) is -0.178. The second-order valence-electron chi connectivity index (χ2n) is 5.73. The summed E-state index contributed by atoms with van der Waals surface area (Å²) in [6.07, 6.45) is 0.967. The van der Waals surface area contributed by atoms with Gasteiger partial charge in [0.25, 0.3) is 5.91 Å². The summed E-state index contributed by atoms with van der Waals surface area (Å²) in [5, 5.41) is 20.4. The average Bonchev–Trinajstić information content (AvgIpc) is 2.58. The Bertz CT molecular complexity index is 991. The molecule has 2 heterocycles. The number of rotatable bonds is 3. The lowest BCUT2D eigenvalue weighted by Gasteiger charge is -2.37. The normalized spacial score (nSPS) is 13.7. The van der Waals surface area contributed by atoms with Crippen molar-refractivity contribution in [2.75, 3.05) is 18.7 Å². The van der Waals surface area contributed by atoms with Crippen LogP contribution in [0.3, 0.4) is 0 Å².